The lowest BCUT2D eigenvalue weighted by atomic mass is 10.0. The van der Waals surface area contributed by atoms with Gasteiger partial charge in [-0.05, 0) is 25.8 Å². The van der Waals surface area contributed by atoms with E-state index >= 15 is 0 Å². The van der Waals surface area contributed by atoms with E-state index in [0.29, 0.717) is 6.04 Å². The van der Waals surface area contributed by atoms with Crippen molar-refractivity contribution in [3.05, 3.63) is 18.0 Å². The summed E-state index contributed by atoms with van der Waals surface area (Å²) in [5.74, 6) is 0. The molecule has 1 aromatic heterocycles. The minimum absolute atomic E-state index is 0.158. The molecule has 14 heavy (non-hydrogen) atoms. The molecule has 0 radical (unpaired) electrons. The van der Waals surface area contributed by atoms with Crippen LogP contribution in [0.5, 0.6) is 0 Å². The Kier molecular flexibility index (Phi) is 2.84. The fourth-order valence-electron chi connectivity index (χ4n) is 1.97. The first-order valence-corrected chi connectivity index (χ1v) is 5.16. The van der Waals surface area contributed by atoms with Crippen LogP contribution in [-0.4, -0.2) is 38.9 Å². The highest BCUT2D eigenvalue weighted by Gasteiger charge is 2.23. The van der Waals surface area contributed by atoms with Crippen molar-refractivity contribution in [1.82, 2.24) is 15.1 Å². The zero-order valence-corrected chi connectivity index (χ0v) is 8.48. The number of nitrogens with one attached hydrogen (secondary N) is 1. The van der Waals surface area contributed by atoms with Crippen molar-refractivity contribution in [3.63, 3.8) is 0 Å². The van der Waals surface area contributed by atoms with Crippen molar-refractivity contribution >= 4 is 0 Å². The smallest absolute Gasteiger partial charge is 0.0668 e. The number of piperidine rings is 1. The first-order valence-electron chi connectivity index (χ1n) is 5.16. The number of H-pyrrole nitrogens is 1. The lowest BCUT2D eigenvalue weighted by Gasteiger charge is -2.35. The van der Waals surface area contributed by atoms with Crippen LogP contribution in [0.1, 0.15) is 25.5 Å². The zero-order valence-electron chi connectivity index (χ0n) is 8.48. The Morgan fingerprint density at radius 2 is 2.50 bits per heavy atom. The molecule has 1 aromatic rings. The maximum atomic E-state index is 9.56. The predicted molar refractivity (Wildman–Crippen MR) is 53.7 cm³/mol. The van der Waals surface area contributed by atoms with Gasteiger partial charge in [0, 0.05) is 31.0 Å². The first-order chi connectivity index (χ1) is 6.75. The highest BCUT2D eigenvalue weighted by Crippen LogP contribution is 2.18. The van der Waals surface area contributed by atoms with Gasteiger partial charge in [0.25, 0.3) is 0 Å². The van der Waals surface area contributed by atoms with Crippen LogP contribution in [0.3, 0.4) is 0 Å². The quantitative estimate of drug-likeness (QED) is 0.732. The summed E-state index contributed by atoms with van der Waals surface area (Å²) in [4.78, 5) is 2.29. The van der Waals surface area contributed by atoms with Gasteiger partial charge in [0.15, 0.2) is 0 Å². The second-order valence-corrected chi connectivity index (χ2v) is 4.09. The number of hydrogen-bond donors (Lipinski definition) is 2. The molecule has 0 unspecified atom stereocenters. The van der Waals surface area contributed by atoms with Gasteiger partial charge in [-0.15, -0.1) is 0 Å². The van der Waals surface area contributed by atoms with Crippen LogP contribution >= 0.6 is 0 Å². The van der Waals surface area contributed by atoms with Crippen LogP contribution in [0, 0.1) is 0 Å². The van der Waals surface area contributed by atoms with Crippen molar-refractivity contribution in [3.8, 4) is 0 Å². The predicted octanol–water partition coefficient (Wildman–Crippen LogP) is 0.755. The van der Waals surface area contributed by atoms with Crippen LogP contribution < -0.4 is 0 Å². The summed E-state index contributed by atoms with van der Waals surface area (Å²) in [5.41, 5.74) is 1.12. The number of β-amino-alcohol motifs (C(OH)–C–C–N with tert-alkyl or cyclic N) is 1. The van der Waals surface area contributed by atoms with Crippen LogP contribution in [0.4, 0.5) is 0 Å². The summed E-state index contributed by atoms with van der Waals surface area (Å²) in [6.45, 7) is 3.85. The number of hydrogen-bond acceptors (Lipinski definition) is 3. The summed E-state index contributed by atoms with van der Waals surface area (Å²) in [6, 6.07) is 2.54. The van der Waals surface area contributed by atoms with Gasteiger partial charge >= 0.3 is 0 Å². The molecule has 4 heteroatoms. The summed E-state index contributed by atoms with van der Waals surface area (Å²) in [7, 11) is 0. The molecule has 0 bridgehead atoms. The Morgan fingerprint density at radius 3 is 3.21 bits per heavy atom. The third-order valence-corrected chi connectivity index (χ3v) is 2.92. The Morgan fingerprint density at radius 1 is 1.64 bits per heavy atom. The van der Waals surface area contributed by atoms with E-state index in [-0.39, 0.29) is 6.10 Å². The largest absolute Gasteiger partial charge is 0.392 e. The molecule has 1 aliphatic rings. The fraction of sp³-hybridized carbons (Fsp3) is 0.700. The van der Waals surface area contributed by atoms with Gasteiger partial charge in [-0.3, -0.25) is 10.00 Å². The van der Waals surface area contributed by atoms with Crippen LogP contribution in [0.15, 0.2) is 12.3 Å². The average molecular weight is 195 g/mol. The number of aliphatic hydroxyl groups excluding tert-OH is 1. The molecule has 0 aliphatic carbocycles. The molecule has 2 heterocycles. The maximum absolute atomic E-state index is 9.56. The Bertz CT molecular complexity index is 273. The van der Waals surface area contributed by atoms with Crippen LogP contribution in [-0.2, 0) is 6.54 Å². The molecule has 2 rings (SSSR count). The lowest BCUT2D eigenvalue weighted by Crippen LogP contribution is -2.43. The lowest BCUT2D eigenvalue weighted by molar-refractivity contribution is 0.0358. The van der Waals surface area contributed by atoms with E-state index in [1.165, 1.54) is 0 Å². The third-order valence-electron chi connectivity index (χ3n) is 2.92. The van der Waals surface area contributed by atoms with Gasteiger partial charge in [0.05, 0.1) is 6.10 Å². The van der Waals surface area contributed by atoms with Gasteiger partial charge in [-0.2, -0.15) is 5.10 Å². The second-order valence-electron chi connectivity index (χ2n) is 4.09. The Balaban J connectivity index is 1.95. The van der Waals surface area contributed by atoms with E-state index in [0.717, 1.165) is 31.6 Å². The van der Waals surface area contributed by atoms with Gasteiger partial charge in [0.2, 0.25) is 0 Å². The number of aromatic amines is 1. The number of aromatic nitrogens is 2. The molecule has 0 spiro atoms. The SMILES string of the molecule is C[C@@H]1CC[C@@H](O)CN1Cc1ccn[nH]1. The van der Waals surface area contributed by atoms with Crippen molar-refractivity contribution in [2.24, 2.45) is 0 Å². The monoisotopic (exact) mass is 195 g/mol. The molecule has 0 aromatic carbocycles. The second kappa shape index (κ2) is 4.11. The minimum atomic E-state index is -0.158. The van der Waals surface area contributed by atoms with E-state index in [1.54, 1.807) is 6.20 Å². The molecule has 4 nitrogen and oxygen atoms in total. The molecule has 0 saturated carbocycles. The summed E-state index contributed by atoms with van der Waals surface area (Å²) in [5, 5.41) is 16.4. The van der Waals surface area contributed by atoms with Gasteiger partial charge in [-0.25, -0.2) is 0 Å². The molecule has 2 N–H and O–H groups in total. The van der Waals surface area contributed by atoms with E-state index in [2.05, 4.69) is 22.0 Å². The number of likely N-dealkylation sites (tertiary alicyclic amines) is 1. The number of aliphatic hydroxyl groups is 1. The molecular formula is C10H17N3O. The zero-order chi connectivity index (χ0) is 9.97. The average Bonchev–Trinajstić information content (AvgIpc) is 2.64. The van der Waals surface area contributed by atoms with E-state index in [1.807, 2.05) is 6.07 Å². The minimum Gasteiger partial charge on any atom is -0.392 e. The number of nitrogens with zero attached hydrogens (tertiary/aromatic N) is 2. The molecule has 78 valence electrons. The van der Waals surface area contributed by atoms with Crippen molar-refractivity contribution in [2.75, 3.05) is 6.54 Å². The summed E-state index contributed by atoms with van der Waals surface area (Å²) < 4.78 is 0. The van der Waals surface area contributed by atoms with Crippen molar-refractivity contribution < 1.29 is 5.11 Å². The highest BCUT2D eigenvalue weighted by molar-refractivity contribution is 4.98. The highest BCUT2D eigenvalue weighted by atomic mass is 16.3. The summed E-state index contributed by atoms with van der Waals surface area (Å²) >= 11 is 0. The third kappa shape index (κ3) is 2.13. The van der Waals surface area contributed by atoms with Crippen LogP contribution in [0.25, 0.3) is 0 Å². The Hall–Kier alpha value is -0.870. The molecule has 1 aliphatic heterocycles. The topological polar surface area (TPSA) is 52.1 Å². The van der Waals surface area contributed by atoms with Gasteiger partial charge in [-0.1, -0.05) is 0 Å². The van der Waals surface area contributed by atoms with Crippen molar-refractivity contribution in [2.45, 2.75) is 38.5 Å². The van der Waals surface area contributed by atoms with E-state index in [9.17, 15) is 5.11 Å². The standard InChI is InChI=1S/C10H17N3O/c1-8-2-3-10(14)7-13(8)6-9-4-5-11-12-9/h4-5,8,10,14H,2-3,6-7H2,1H3,(H,11,12)/t8-,10-/m1/s1. The molecule has 2 atom stereocenters. The fourth-order valence-corrected chi connectivity index (χ4v) is 1.97. The molecule has 1 fully saturated rings. The Labute approximate surface area is 83.9 Å². The molecule has 1 saturated heterocycles. The van der Waals surface area contributed by atoms with Crippen molar-refractivity contribution in [1.29, 1.82) is 0 Å². The normalized spacial score (nSPS) is 29.3. The van der Waals surface area contributed by atoms with E-state index in [4.69, 9.17) is 0 Å². The summed E-state index contributed by atoms with van der Waals surface area (Å²) in [6.07, 6.45) is 3.62. The van der Waals surface area contributed by atoms with E-state index < -0.39 is 0 Å². The van der Waals surface area contributed by atoms with Gasteiger partial charge in [0.1, 0.15) is 0 Å². The van der Waals surface area contributed by atoms with Gasteiger partial charge < -0.3 is 5.11 Å². The number of rotatable bonds is 2. The first kappa shape index (κ1) is 9.68. The maximum Gasteiger partial charge on any atom is 0.0668 e. The molecule has 0 amide bonds. The van der Waals surface area contributed by atoms with Crippen LogP contribution in [0.2, 0.25) is 0 Å². The molecular weight excluding hydrogens is 178 g/mol.